The number of guanidine groups is 2. The summed E-state index contributed by atoms with van der Waals surface area (Å²) in [6, 6.07) is 9.42. The summed E-state index contributed by atoms with van der Waals surface area (Å²) in [6.07, 6.45) is 1.58. The maximum Gasteiger partial charge on any atom is 0.192 e. The van der Waals surface area contributed by atoms with Crippen LogP contribution in [0, 0.1) is 10.8 Å². The van der Waals surface area contributed by atoms with Crippen molar-refractivity contribution in [2.75, 3.05) is 0 Å². The Morgan fingerprint density at radius 3 is 2.00 bits per heavy atom. The van der Waals surface area contributed by atoms with Gasteiger partial charge in [0.25, 0.3) is 0 Å². The van der Waals surface area contributed by atoms with Crippen LogP contribution in [0.3, 0.4) is 0 Å². The van der Waals surface area contributed by atoms with Gasteiger partial charge >= 0.3 is 0 Å². The van der Waals surface area contributed by atoms with Crippen LogP contribution in [0.4, 0.5) is 0 Å². The predicted octanol–water partition coefficient (Wildman–Crippen LogP) is 1.03. The fraction of sp³-hybridized carbons (Fsp3) is 0.250. The van der Waals surface area contributed by atoms with Crippen LogP contribution >= 0.6 is 0 Å². The second-order valence-corrected chi connectivity index (χ2v) is 3.49. The summed E-state index contributed by atoms with van der Waals surface area (Å²) >= 11 is 0. The summed E-state index contributed by atoms with van der Waals surface area (Å²) in [4.78, 5) is 11.2. The molecule has 0 atom stereocenters. The predicted molar refractivity (Wildman–Crippen MR) is 72.6 cm³/mol. The monoisotopic (exact) mass is 249 g/mol. The smallest absolute Gasteiger partial charge is 0.192 e. The first-order chi connectivity index (χ1) is 8.47. The highest BCUT2D eigenvalue weighted by molar-refractivity contribution is 5.95. The zero-order valence-electron chi connectivity index (χ0n) is 10.4. The van der Waals surface area contributed by atoms with Crippen LogP contribution in [0.15, 0.2) is 30.3 Å². The van der Waals surface area contributed by atoms with Gasteiger partial charge in [0.2, 0.25) is 0 Å². The molecule has 0 aliphatic heterocycles. The van der Waals surface area contributed by atoms with E-state index in [1.54, 1.807) is 0 Å². The van der Waals surface area contributed by atoms with Crippen molar-refractivity contribution in [3.05, 3.63) is 35.9 Å². The Kier molecular flexibility index (Phi) is 7.59. The molecule has 1 rings (SSSR count). The van der Waals surface area contributed by atoms with Crippen LogP contribution in [-0.2, 0) is 0 Å². The first-order valence-electron chi connectivity index (χ1n) is 5.50. The first kappa shape index (κ1) is 15.6. The van der Waals surface area contributed by atoms with Crippen molar-refractivity contribution in [1.29, 1.82) is 10.8 Å². The van der Waals surface area contributed by atoms with Crippen molar-refractivity contribution in [1.82, 2.24) is 5.32 Å². The van der Waals surface area contributed by atoms with Crippen molar-refractivity contribution in [3.8, 4) is 0 Å². The minimum absolute atomic E-state index is 0.244. The molecule has 0 radical (unpaired) electrons. The van der Waals surface area contributed by atoms with Crippen molar-refractivity contribution in [3.63, 3.8) is 0 Å². The lowest BCUT2D eigenvalue weighted by atomic mass is 10.1. The van der Waals surface area contributed by atoms with Crippen LogP contribution in [0.5, 0.6) is 0 Å². The maximum absolute atomic E-state index is 11.2. The molecule has 0 unspecified atom stereocenters. The van der Waals surface area contributed by atoms with E-state index < -0.39 is 0 Å². The van der Waals surface area contributed by atoms with E-state index in [4.69, 9.17) is 22.3 Å². The topological polar surface area (TPSA) is 129 Å². The molecule has 6 nitrogen and oxygen atoms in total. The van der Waals surface area contributed by atoms with E-state index in [-0.39, 0.29) is 17.7 Å². The summed E-state index contributed by atoms with van der Waals surface area (Å²) in [5.74, 6) is -0.381. The van der Waals surface area contributed by atoms with Gasteiger partial charge in [-0.3, -0.25) is 20.9 Å². The highest BCUT2D eigenvalue weighted by Crippen LogP contribution is 2.03. The summed E-state index contributed by atoms with van der Waals surface area (Å²) < 4.78 is 0. The molecule has 0 aliphatic rings. The molecule has 18 heavy (non-hydrogen) atoms. The lowest BCUT2D eigenvalue weighted by Gasteiger charge is -1.96. The molecule has 0 saturated heterocycles. The van der Waals surface area contributed by atoms with Crippen LogP contribution in [0.2, 0.25) is 0 Å². The molecule has 0 bridgehead atoms. The van der Waals surface area contributed by atoms with E-state index >= 15 is 0 Å². The molecule has 7 N–H and O–H groups in total. The van der Waals surface area contributed by atoms with Gasteiger partial charge in [-0.05, 0) is 6.42 Å². The van der Waals surface area contributed by atoms with Gasteiger partial charge in [0.15, 0.2) is 17.7 Å². The summed E-state index contributed by atoms with van der Waals surface area (Å²) in [5, 5.41) is 15.0. The number of carbonyl (C=O) groups excluding carboxylic acids is 1. The molecule has 0 fully saturated rings. The van der Waals surface area contributed by atoms with E-state index in [9.17, 15) is 4.79 Å². The summed E-state index contributed by atoms with van der Waals surface area (Å²) in [7, 11) is 0. The average Bonchev–Trinajstić information content (AvgIpc) is 2.29. The molecule has 0 spiro atoms. The highest BCUT2D eigenvalue weighted by atomic mass is 16.1. The van der Waals surface area contributed by atoms with E-state index in [0.29, 0.717) is 6.42 Å². The van der Waals surface area contributed by atoms with Gasteiger partial charge in [-0.15, -0.1) is 0 Å². The molecule has 0 amide bonds. The third-order valence-electron chi connectivity index (χ3n) is 1.84. The minimum atomic E-state index is -0.312. The van der Waals surface area contributed by atoms with Gasteiger partial charge in [0.1, 0.15) is 0 Å². The van der Waals surface area contributed by atoms with E-state index in [1.807, 2.05) is 42.6 Å². The van der Waals surface area contributed by atoms with Crippen molar-refractivity contribution >= 4 is 17.7 Å². The highest BCUT2D eigenvalue weighted by Gasteiger charge is 2.01. The van der Waals surface area contributed by atoms with Crippen molar-refractivity contribution in [2.45, 2.75) is 19.8 Å². The molecular formula is C12H19N5O. The van der Waals surface area contributed by atoms with E-state index in [0.717, 1.165) is 12.0 Å². The SMILES string of the molecule is CCCC(=O)c1ccccc1.N=C(N)NC(=N)N. The number of nitrogens with one attached hydrogen (secondary N) is 3. The Balaban J connectivity index is 0.000000360. The Labute approximate surface area is 106 Å². The number of rotatable bonds is 3. The maximum atomic E-state index is 11.2. The zero-order chi connectivity index (χ0) is 14.0. The molecule has 98 valence electrons. The Hall–Kier alpha value is -2.37. The third-order valence-corrected chi connectivity index (χ3v) is 1.84. The Morgan fingerprint density at radius 2 is 1.67 bits per heavy atom. The minimum Gasteiger partial charge on any atom is -0.370 e. The second kappa shape index (κ2) is 8.74. The number of hydrogen-bond donors (Lipinski definition) is 5. The molecule has 0 heterocycles. The quantitative estimate of drug-likeness (QED) is 0.311. The third kappa shape index (κ3) is 7.86. The van der Waals surface area contributed by atoms with Crippen LogP contribution in [0.1, 0.15) is 30.1 Å². The van der Waals surface area contributed by atoms with Crippen LogP contribution in [-0.4, -0.2) is 17.7 Å². The number of benzene rings is 1. The lowest BCUT2D eigenvalue weighted by Crippen LogP contribution is -2.39. The molecule has 0 saturated carbocycles. The molecule has 6 heteroatoms. The number of carbonyl (C=O) groups is 1. The fourth-order valence-electron chi connectivity index (χ4n) is 1.14. The van der Waals surface area contributed by atoms with Gasteiger partial charge in [0.05, 0.1) is 0 Å². The average molecular weight is 249 g/mol. The lowest BCUT2D eigenvalue weighted by molar-refractivity contribution is 0.0982. The van der Waals surface area contributed by atoms with Crippen molar-refractivity contribution in [2.24, 2.45) is 11.5 Å². The second-order valence-electron chi connectivity index (χ2n) is 3.49. The fourth-order valence-corrected chi connectivity index (χ4v) is 1.14. The van der Waals surface area contributed by atoms with Crippen LogP contribution in [0.25, 0.3) is 0 Å². The number of nitrogens with two attached hydrogens (primary N) is 2. The number of ketones is 1. The van der Waals surface area contributed by atoms with E-state index in [2.05, 4.69) is 0 Å². The van der Waals surface area contributed by atoms with Gasteiger partial charge in [-0.2, -0.15) is 0 Å². The van der Waals surface area contributed by atoms with Gasteiger partial charge in [-0.25, -0.2) is 0 Å². The molecular weight excluding hydrogens is 230 g/mol. The van der Waals surface area contributed by atoms with Crippen molar-refractivity contribution < 1.29 is 4.79 Å². The largest absolute Gasteiger partial charge is 0.370 e. The van der Waals surface area contributed by atoms with Gasteiger partial charge in [0, 0.05) is 12.0 Å². The van der Waals surface area contributed by atoms with Gasteiger partial charge < -0.3 is 11.5 Å². The standard InChI is InChI=1S/C10H12O.C2H7N5/c1-2-6-10(11)9-7-4-3-5-8-9;3-1(4)7-2(5)6/h3-5,7-8H,2,6H2,1H3;(H7,3,4,5,6,7). The molecule has 0 aliphatic carbocycles. The molecule has 0 aromatic heterocycles. The zero-order valence-corrected chi connectivity index (χ0v) is 10.4. The molecule has 1 aromatic carbocycles. The van der Waals surface area contributed by atoms with Gasteiger partial charge in [-0.1, -0.05) is 37.3 Å². The molecule has 1 aromatic rings. The van der Waals surface area contributed by atoms with Crippen LogP contribution < -0.4 is 16.8 Å². The Bertz CT molecular complexity index is 390. The number of hydrogen-bond acceptors (Lipinski definition) is 3. The summed E-state index contributed by atoms with van der Waals surface area (Å²) in [6.45, 7) is 2.01. The van der Waals surface area contributed by atoms with E-state index in [1.165, 1.54) is 0 Å². The number of Topliss-reactive ketones (excluding diaryl/α,β-unsaturated/α-hetero) is 1. The first-order valence-corrected chi connectivity index (χ1v) is 5.50. The summed E-state index contributed by atoms with van der Waals surface area (Å²) in [5.41, 5.74) is 10.3. The Morgan fingerprint density at radius 1 is 1.17 bits per heavy atom. The normalized spacial score (nSPS) is 8.72.